The minimum atomic E-state index is 0.277. The molecule has 0 aliphatic carbocycles. The van der Waals surface area contributed by atoms with Crippen molar-refractivity contribution in [1.29, 1.82) is 0 Å². The SMILES string of the molecule is CCC(NC)c1nc2nc(C)ccc2[nH]1. The van der Waals surface area contributed by atoms with E-state index < -0.39 is 0 Å². The van der Waals surface area contributed by atoms with E-state index in [1.54, 1.807) is 0 Å². The lowest BCUT2D eigenvalue weighted by Crippen LogP contribution is -2.16. The van der Waals surface area contributed by atoms with Gasteiger partial charge in [-0.3, -0.25) is 0 Å². The van der Waals surface area contributed by atoms with Gasteiger partial charge in [0.05, 0.1) is 11.6 Å². The Balaban J connectivity index is 2.46. The van der Waals surface area contributed by atoms with Gasteiger partial charge in [0.1, 0.15) is 5.82 Å². The van der Waals surface area contributed by atoms with Gasteiger partial charge in [0.25, 0.3) is 0 Å². The van der Waals surface area contributed by atoms with Crippen molar-refractivity contribution < 1.29 is 0 Å². The molecule has 4 heteroatoms. The first-order valence-electron chi connectivity index (χ1n) is 5.25. The molecule has 2 rings (SSSR count). The molecule has 0 amide bonds. The maximum atomic E-state index is 4.49. The Morgan fingerprint density at radius 2 is 2.20 bits per heavy atom. The van der Waals surface area contributed by atoms with Crippen LogP contribution in [0, 0.1) is 6.92 Å². The first-order chi connectivity index (χ1) is 7.24. The second-order valence-electron chi connectivity index (χ2n) is 3.70. The molecular formula is C11H16N4. The van der Waals surface area contributed by atoms with Crippen molar-refractivity contribution in [1.82, 2.24) is 20.3 Å². The van der Waals surface area contributed by atoms with Gasteiger partial charge in [0.2, 0.25) is 0 Å². The summed E-state index contributed by atoms with van der Waals surface area (Å²) in [6.45, 7) is 4.11. The number of imidazole rings is 1. The second kappa shape index (κ2) is 3.98. The molecular weight excluding hydrogens is 188 g/mol. The Kier molecular flexibility index (Phi) is 2.68. The summed E-state index contributed by atoms with van der Waals surface area (Å²) in [7, 11) is 1.94. The zero-order valence-electron chi connectivity index (χ0n) is 9.33. The number of aromatic amines is 1. The van der Waals surface area contributed by atoms with Crippen LogP contribution >= 0.6 is 0 Å². The Hall–Kier alpha value is -1.42. The zero-order chi connectivity index (χ0) is 10.8. The lowest BCUT2D eigenvalue weighted by molar-refractivity contribution is 0.551. The number of hydrogen-bond donors (Lipinski definition) is 2. The van der Waals surface area contributed by atoms with Crippen LogP contribution in [-0.2, 0) is 0 Å². The third-order valence-corrected chi connectivity index (χ3v) is 2.59. The molecule has 4 nitrogen and oxygen atoms in total. The first-order valence-corrected chi connectivity index (χ1v) is 5.25. The molecule has 15 heavy (non-hydrogen) atoms. The van der Waals surface area contributed by atoms with Gasteiger partial charge in [0.15, 0.2) is 5.65 Å². The Morgan fingerprint density at radius 1 is 1.40 bits per heavy atom. The summed E-state index contributed by atoms with van der Waals surface area (Å²) in [5, 5.41) is 3.22. The van der Waals surface area contributed by atoms with Crippen LogP contribution in [0.5, 0.6) is 0 Å². The molecule has 0 aromatic carbocycles. The van der Waals surface area contributed by atoms with Crippen LogP contribution in [0.2, 0.25) is 0 Å². The normalized spacial score (nSPS) is 13.3. The third-order valence-electron chi connectivity index (χ3n) is 2.59. The van der Waals surface area contributed by atoms with E-state index in [-0.39, 0.29) is 6.04 Å². The molecule has 2 aromatic rings. The van der Waals surface area contributed by atoms with Gasteiger partial charge in [-0.1, -0.05) is 6.92 Å². The Morgan fingerprint density at radius 3 is 2.87 bits per heavy atom. The average Bonchev–Trinajstić information content (AvgIpc) is 2.62. The van der Waals surface area contributed by atoms with E-state index >= 15 is 0 Å². The molecule has 0 aliphatic heterocycles. The van der Waals surface area contributed by atoms with E-state index in [4.69, 9.17) is 0 Å². The summed E-state index contributed by atoms with van der Waals surface area (Å²) in [6, 6.07) is 4.29. The lowest BCUT2D eigenvalue weighted by atomic mass is 10.2. The molecule has 2 heterocycles. The second-order valence-corrected chi connectivity index (χ2v) is 3.70. The third kappa shape index (κ3) is 1.85. The highest BCUT2D eigenvalue weighted by molar-refractivity contribution is 5.70. The van der Waals surface area contributed by atoms with Crippen LogP contribution in [0.3, 0.4) is 0 Å². The molecule has 2 aromatic heterocycles. The van der Waals surface area contributed by atoms with E-state index in [9.17, 15) is 0 Å². The fourth-order valence-electron chi connectivity index (χ4n) is 1.71. The lowest BCUT2D eigenvalue weighted by Gasteiger charge is -2.09. The number of aryl methyl sites for hydroxylation is 1. The van der Waals surface area contributed by atoms with E-state index in [0.717, 1.165) is 29.1 Å². The van der Waals surface area contributed by atoms with E-state index in [1.807, 2.05) is 26.1 Å². The zero-order valence-corrected chi connectivity index (χ0v) is 9.33. The standard InChI is InChI=1S/C11H16N4/c1-4-8(12-3)10-14-9-6-5-7(2)13-11(9)15-10/h5-6,8,12H,4H2,1-3H3,(H,13,14,15). The quantitative estimate of drug-likeness (QED) is 0.803. The highest BCUT2D eigenvalue weighted by Gasteiger charge is 2.11. The summed E-state index contributed by atoms with van der Waals surface area (Å²) in [5.74, 6) is 0.966. The number of fused-ring (bicyclic) bond motifs is 1. The Labute approximate surface area is 89.1 Å². The van der Waals surface area contributed by atoms with Crippen molar-refractivity contribution in [3.8, 4) is 0 Å². The van der Waals surface area contributed by atoms with Gasteiger partial charge < -0.3 is 10.3 Å². The number of nitrogens with zero attached hydrogens (tertiary/aromatic N) is 2. The highest BCUT2D eigenvalue weighted by Crippen LogP contribution is 2.16. The van der Waals surface area contributed by atoms with E-state index in [2.05, 4.69) is 27.2 Å². The van der Waals surface area contributed by atoms with E-state index in [0.29, 0.717) is 0 Å². The van der Waals surface area contributed by atoms with Crippen LogP contribution in [0.15, 0.2) is 12.1 Å². The topological polar surface area (TPSA) is 53.6 Å². The fraction of sp³-hybridized carbons (Fsp3) is 0.455. The minimum absolute atomic E-state index is 0.277. The summed E-state index contributed by atoms with van der Waals surface area (Å²) < 4.78 is 0. The predicted molar refractivity (Wildman–Crippen MR) is 60.7 cm³/mol. The average molecular weight is 204 g/mol. The molecule has 1 unspecified atom stereocenters. The van der Waals surface area contributed by atoms with Gasteiger partial charge in [-0.05, 0) is 32.5 Å². The van der Waals surface area contributed by atoms with Crippen LogP contribution in [0.25, 0.3) is 11.2 Å². The molecule has 0 aliphatic rings. The number of H-pyrrole nitrogens is 1. The Bertz CT molecular complexity index is 457. The van der Waals surface area contributed by atoms with Crippen molar-refractivity contribution in [2.75, 3.05) is 7.05 Å². The molecule has 80 valence electrons. The molecule has 1 atom stereocenters. The number of pyridine rings is 1. The van der Waals surface area contributed by atoms with Crippen molar-refractivity contribution >= 4 is 11.2 Å². The van der Waals surface area contributed by atoms with Crippen LogP contribution in [0.1, 0.15) is 30.9 Å². The molecule has 0 radical (unpaired) electrons. The smallest absolute Gasteiger partial charge is 0.177 e. The number of rotatable bonds is 3. The molecule has 0 fully saturated rings. The highest BCUT2D eigenvalue weighted by atomic mass is 15.0. The molecule has 0 saturated carbocycles. The molecule has 0 saturated heterocycles. The van der Waals surface area contributed by atoms with Crippen molar-refractivity contribution in [2.45, 2.75) is 26.3 Å². The largest absolute Gasteiger partial charge is 0.339 e. The van der Waals surface area contributed by atoms with Gasteiger partial charge >= 0.3 is 0 Å². The summed E-state index contributed by atoms with van der Waals surface area (Å²) in [5.41, 5.74) is 2.81. The monoisotopic (exact) mass is 204 g/mol. The molecule has 0 spiro atoms. The van der Waals surface area contributed by atoms with Crippen molar-refractivity contribution in [3.05, 3.63) is 23.7 Å². The maximum absolute atomic E-state index is 4.49. The summed E-state index contributed by atoms with van der Waals surface area (Å²) >= 11 is 0. The van der Waals surface area contributed by atoms with Crippen LogP contribution in [0.4, 0.5) is 0 Å². The number of hydrogen-bond acceptors (Lipinski definition) is 3. The fourth-order valence-corrected chi connectivity index (χ4v) is 1.71. The summed E-state index contributed by atoms with van der Waals surface area (Å²) in [6.07, 6.45) is 1.01. The number of nitrogens with one attached hydrogen (secondary N) is 2. The van der Waals surface area contributed by atoms with Gasteiger partial charge in [0, 0.05) is 5.69 Å². The summed E-state index contributed by atoms with van der Waals surface area (Å²) in [4.78, 5) is 12.2. The molecule has 0 bridgehead atoms. The van der Waals surface area contributed by atoms with Gasteiger partial charge in [-0.15, -0.1) is 0 Å². The van der Waals surface area contributed by atoms with Crippen molar-refractivity contribution in [2.24, 2.45) is 0 Å². The van der Waals surface area contributed by atoms with Crippen LogP contribution in [-0.4, -0.2) is 22.0 Å². The molecule has 2 N–H and O–H groups in total. The van der Waals surface area contributed by atoms with Gasteiger partial charge in [-0.2, -0.15) is 0 Å². The van der Waals surface area contributed by atoms with Gasteiger partial charge in [-0.25, -0.2) is 9.97 Å². The predicted octanol–water partition coefficient (Wildman–Crippen LogP) is 1.94. The number of aromatic nitrogens is 3. The van der Waals surface area contributed by atoms with Crippen molar-refractivity contribution in [3.63, 3.8) is 0 Å². The first kappa shape index (κ1) is 10.1. The maximum Gasteiger partial charge on any atom is 0.177 e. The van der Waals surface area contributed by atoms with E-state index in [1.165, 1.54) is 0 Å². The van der Waals surface area contributed by atoms with Crippen LogP contribution < -0.4 is 5.32 Å². The minimum Gasteiger partial charge on any atom is -0.339 e.